The molecule has 0 aliphatic heterocycles. The van der Waals surface area contributed by atoms with Gasteiger partial charge in [-0.2, -0.15) is 16.4 Å². The predicted octanol–water partition coefficient (Wildman–Crippen LogP) is 5.83. The average Bonchev–Trinajstić information content (AvgIpc) is 3.38. The third-order valence-corrected chi connectivity index (χ3v) is 6.00. The number of rotatable bonds is 3. The Kier molecular flexibility index (Phi) is 3.80. The van der Waals surface area contributed by atoms with Crippen molar-refractivity contribution in [3.05, 3.63) is 106 Å². The fourth-order valence-electron chi connectivity index (χ4n) is 3.93. The molecule has 0 spiro atoms. The molecule has 1 unspecified atom stereocenters. The molecule has 1 N–H and O–H groups in total. The molecule has 0 radical (unpaired) electrons. The van der Waals surface area contributed by atoms with E-state index < -0.39 is 0 Å². The summed E-state index contributed by atoms with van der Waals surface area (Å²) in [5.74, 6) is -0.219. The highest BCUT2D eigenvalue weighted by Gasteiger charge is 2.36. The van der Waals surface area contributed by atoms with Gasteiger partial charge in [0.25, 0.3) is 0 Å². The third kappa shape index (κ3) is 2.64. The second-order valence-electron chi connectivity index (χ2n) is 6.83. The number of benzene rings is 2. The molecule has 2 nitrogen and oxygen atoms in total. The fraction of sp³-hybridized carbons (Fsp3) is 0.0870. The number of nitrogens with one attached hydrogen (secondary N) is 1. The van der Waals surface area contributed by atoms with E-state index in [0.717, 1.165) is 34.5 Å². The molecule has 0 bridgehead atoms. The van der Waals surface area contributed by atoms with E-state index in [0.29, 0.717) is 0 Å². The van der Waals surface area contributed by atoms with Crippen LogP contribution in [0.3, 0.4) is 0 Å². The Morgan fingerprint density at radius 2 is 1.74 bits per heavy atom. The van der Waals surface area contributed by atoms with Crippen LogP contribution in [-0.4, -0.2) is 10.2 Å². The minimum Gasteiger partial charge on any atom is -0.281 e. The van der Waals surface area contributed by atoms with Gasteiger partial charge < -0.3 is 0 Å². The number of thiophene rings is 1. The Labute approximate surface area is 161 Å². The number of nitrogens with zero attached hydrogens (tertiary/aromatic N) is 1. The van der Waals surface area contributed by atoms with Crippen molar-refractivity contribution in [1.29, 1.82) is 0 Å². The Morgan fingerprint density at radius 1 is 0.963 bits per heavy atom. The Hall–Kier alpha value is -2.98. The first kappa shape index (κ1) is 16.2. The van der Waals surface area contributed by atoms with Gasteiger partial charge in [0.15, 0.2) is 0 Å². The lowest BCUT2D eigenvalue weighted by Gasteiger charge is -2.34. The van der Waals surface area contributed by atoms with Crippen molar-refractivity contribution in [3.63, 3.8) is 0 Å². The predicted molar refractivity (Wildman–Crippen MR) is 108 cm³/mol. The van der Waals surface area contributed by atoms with Crippen molar-refractivity contribution in [2.45, 2.75) is 11.8 Å². The van der Waals surface area contributed by atoms with Crippen LogP contribution in [0.1, 0.15) is 22.4 Å². The van der Waals surface area contributed by atoms with E-state index in [9.17, 15) is 4.39 Å². The summed E-state index contributed by atoms with van der Waals surface area (Å²) < 4.78 is 13.5. The standard InChI is InChI=1S/C23H17FN2S/c24-19-8-6-18(7-9-19)23(17-4-2-1-3-5-17)12-10-20-21(14-23)25-26-22(20)16-11-13-27-15-16/h1-13,15H,14H2,(H,25,26). The number of hydrogen-bond acceptors (Lipinski definition) is 2. The van der Waals surface area contributed by atoms with Gasteiger partial charge in [-0.3, -0.25) is 5.10 Å². The van der Waals surface area contributed by atoms with Crippen LogP contribution in [0, 0.1) is 5.82 Å². The molecule has 2 aromatic heterocycles. The highest BCUT2D eigenvalue weighted by atomic mass is 32.1. The van der Waals surface area contributed by atoms with Crippen LogP contribution < -0.4 is 0 Å². The summed E-state index contributed by atoms with van der Waals surface area (Å²) in [5.41, 5.74) is 6.28. The number of aromatic amines is 1. The molecule has 0 fully saturated rings. The molecule has 4 heteroatoms. The zero-order chi connectivity index (χ0) is 18.3. The van der Waals surface area contributed by atoms with Crippen molar-refractivity contribution in [3.8, 4) is 11.3 Å². The van der Waals surface area contributed by atoms with E-state index in [1.54, 1.807) is 11.3 Å². The quantitative estimate of drug-likeness (QED) is 0.481. The lowest BCUT2D eigenvalue weighted by Crippen LogP contribution is -2.30. The number of aromatic nitrogens is 2. The Bertz CT molecular complexity index is 1100. The van der Waals surface area contributed by atoms with Crippen LogP contribution in [0.2, 0.25) is 0 Å². The first-order chi connectivity index (χ1) is 13.3. The molecule has 132 valence electrons. The van der Waals surface area contributed by atoms with Crippen molar-refractivity contribution in [1.82, 2.24) is 10.2 Å². The van der Waals surface area contributed by atoms with Gasteiger partial charge in [-0.1, -0.05) is 54.6 Å². The van der Waals surface area contributed by atoms with E-state index >= 15 is 0 Å². The molecule has 0 saturated heterocycles. The van der Waals surface area contributed by atoms with Crippen molar-refractivity contribution in [2.24, 2.45) is 0 Å². The van der Waals surface area contributed by atoms with Gasteiger partial charge in [-0.05, 0) is 34.7 Å². The summed E-state index contributed by atoms with van der Waals surface area (Å²) in [4.78, 5) is 0. The molecule has 0 saturated carbocycles. The SMILES string of the molecule is Fc1ccc(C2(c3ccccc3)C=Cc3c(-c4ccsc4)n[nH]c3C2)cc1. The summed E-state index contributed by atoms with van der Waals surface area (Å²) in [6.07, 6.45) is 5.15. The second-order valence-corrected chi connectivity index (χ2v) is 7.61. The normalized spacial score (nSPS) is 18.4. The number of halogens is 1. The van der Waals surface area contributed by atoms with Crippen LogP contribution in [0.5, 0.6) is 0 Å². The van der Waals surface area contributed by atoms with Gasteiger partial charge in [-0.25, -0.2) is 4.39 Å². The van der Waals surface area contributed by atoms with Gasteiger partial charge in [0.2, 0.25) is 0 Å². The summed E-state index contributed by atoms with van der Waals surface area (Å²) in [7, 11) is 0. The van der Waals surface area contributed by atoms with Gasteiger partial charge in [0.1, 0.15) is 11.5 Å². The van der Waals surface area contributed by atoms with Gasteiger partial charge in [-0.15, -0.1) is 0 Å². The zero-order valence-corrected chi connectivity index (χ0v) is 15.3. The lowest BCUT2D eigenvalue weighted by atomic mass is 9.68. The number of hydrogen-bond donors (Lipinski definition) is 1. The van der Waals surface area contributed by atoms with Crippen LogP contribution in [0.25, 0.3) is 17.3 Å². The van der Waals surface area contributed by atoms with Crippen LogP contribution >= 0.6 is 11.3 Å². The number of allylic oxidation sites excluding steroid dienone is 1. The van der Waals surface area contributed by atoms with Gasteiger partial charge >= 0.3 is 0 Å². The van der Waals surface area contributed by atoms with E-state index in [4.69, 9.17) is 0 Å². The smallest absolute Gasteiger partial charge is 0.123 e. The Balaban J connectivity index is 1.67. The average molecular weight is 372 g/mol. The molecular weight excluding hydrogens is 355 g/mol. The number of H-pyrrole nitrogens is 1. The molecule has 5 rings (SSSR count). The summed E-state index contributed by atoms with van der Waals surface area (Å²) in [5, 5.41) is 12.0. The Morgan fingerprint density at radius 3 is 2.48 bits per heavy atom. The van der Waals surface area contributed by atoms with Crippen LogP contribution in [0.15, 0.2) is 77.5 Å². The van der Waals surface area contributed by atoms with Gasteiger partial charge in [0.05, 0.1) is 0 Å². The molecular formula is C23H17FN2S. The lowest BCUT2D eigenvalue weighted by molar-refractivity contribution is 0.606. The third-order valence-electron chi connectivity index (χ3n) is 5.32. The topological polar surface area (TPSA) is 28.7 Å². The largest absolute Gasteiger partial charge is 0.281 e. The van der Waals surface area contributed by atoms with E-state index in [1.807, 2.05) is 30.3 Å². The van der Waals surface area contributed by atoms with E-state index in [1.165, 1.54) is 17.7 Å². The van der Waals surface area contributed by atoms with Gasteiger partial charge in [0, 0.05) is 34.0 Å². The fourth-order valence-corrected chi connectivity index (χ4v) is 4.57. The number of fused-ring (bicyclic) bond motifs is 1. The zero-order valence-electron chi connectivity index (χ0n) is 14.5. The molecule has 1 atom stereocenters. The molecule has 2 heterocycles. The minimum atomic E-state index is -0.347. The molecule has 1 aliphatic rings. The van der Waals surface area contributed by atoms with Crippen LogP contribution in [-0.2, 0) is 11.8 Å². The minimum absolute atomic E-state index is 0.219. The maximum Gasteiger partial charge on any atom is 0.123 e. The maximum absolute atomic E-state index is 13.5. The van der Waals surface area contributed by atoms with Crippen LogP contribution in [0.4, 0.5) is 4.39 Å². The molecule has 4 aromatic rings. The molecule has 27 heavy (non-hydrogen) atoms. The highest BCUT2D eigenvalue weighted by molar-refractivity contribution is 7.08. The highest BCUT2D eigenvalue weighted by Crippen LogP contribution is 2.43. The van der Waals surface area contributed by atoms with E-state index in [2.05, 4.69) is 51.3 Å². The molecule has 0 amide bonds. The second kappa shape index (κ2) is 6.32. The molecule has 2 aromatic carbocycles. The first-order valence-corrected chi connectivity index (χ1v) is 9.81. The van der Waals surface area contributed by atoms with E-state index in [-0.39, 0.29) is 11.2 Å². The molecule has 1 aliphatic carbocycles. The van der Waals surface area contributed by atoms with Crippen molar-refractivity contribution >= 4 is 17.4 Å². The maximum atomic E-state index is 13.5. The monoisotopic (exact) mass is 372 g/mol. The summed E-state index contributed by atoms with van der Waals surface area (Å²) in [6.45, 7) is 0. The summed E-state index contributed by atoms with van der Waals surface area (Å²) >= 11 is 1.67. The van der Waals surface area contributed by atoms with Crippen molar-refractivity contribution in [2.75, 3.05) is 0 Å². The summed E-state index contributed by atoms with van der Waals surface area (Å²) in [6, 6.07) is 19.3. The van der Waals surface area contributed by atoms with Crippen molar-refractivity contribution < 1.29 is 4.39 Å². The first-order valence-electron chi connectivity index (χ1n) is 8.87.